The number of aryl methyl sites for hydroxylation is 1. The molecule has 1 N–H and O–H groups in total. The van der Waals surface area contributed by atoms with Gasteiger partial charge in [0.25, 0.3) is 0 Å². The Morgan fingerprint density at radius 1 is 1.36 bits per heavy atom. The summed E-state index contributed by atoms with van der Waals surface area (Å²) in [5.41, 5.74) is 4.84. The van der Waals surface area contributed by atoms with E-state index >= 15 is 0 Å². The van der Waals surface area contributed by atoms with Gasteiger partial charge in [0.1, 0.15) is 0 Å². The van der Waals surface area contributed by atoms with Crippen LogP contribution in [-0.4, -0.2) is 24.9 Å². The topological polar surface area (TPSA) is 55.7 Å². The smallest absolute Gasteiger partial charge is 0.203 e. The zero-order valence-electron chi connectivity index (χ0n) is 13.1. The molecule has 0 aliphatic carbocycles. The third-order valence-electron chi connectivity index (χ3n) is 2.94. The van der Waals surface area contributed by atoms with E-state index in [1.54, 1.807) is 13.3 Å². The first-order chi connectivity index (χ1) is 10.7. The Balaban J connectivity index is 2.02. The molecular weight excluding hydrogens is 298 g/mol. The van der Waals surface area contributed by atoms with E-state index in [0.29, 0.717) is 6.61 Å². The van der Waals surface area contributed by atoms with Crippen molar-refractivity contribution in [3.8, 4) is 11.5 Å². The summed E-state index contributed by atoms with van der Waals surface area (Å²) in [4.78, 5) is 4.29. The minimum absolute atomic E-state index is 0.685. The zero-order chi connectivity index (χ0) is 15.8. The van der Waals surface area contributed by atoms with Crippen LogP contribution in [0, 0.1) is 6.92 Å². The minimum atomic E-state index is 0.685. The summed E-state index contributed by atoms with van der Waals surface area (Å²) in [5, 5.41) is 6.95. The van der Waals surface area contributed by atoms with Crippen LogP contribution in [0.1, 0.15) is 31.0 Å². The second kappa shape index (κ2) is 8.38. The van der Waals surface area contributed by atoms with Gasteiger partial charge in [-0.3, -0.25) is 5.43 Å². The molecule has 0 saturated carbocycles. The lowest BCUT2D eigenvalue weighted by molar-refractivity contribution is 0.288. The predicted octanol–water partition coefficient (Wildman–Crippen LogP) is 4.09. The lowest BCUT2D eigenvalue weighted by Gasteiger charge is -2.10. The molecule has 0 radical (unpaired) electrons. The molecule has 0 aliphatic rings. The second-order valence-electron chi connectivity index (χ2n) is 4.78. The van der Waals surface area contributed by atoms with E-state index in [-0.39, 0.29) is 0 Å². The van der Waals surface area contributed by atoms with Crippen molar-refractivity contribution in [2.24, 2.45) is 5.10 Å². The normalized spacial score (nSPS) is 10.9. The predicted molar refractivity (Wildman–Crippen MR) is 91.5 cm³/mol. The van der Waals surface area contributed by atoms with Gasteiger partial charge in [-0.25, -0.2) is 4.98 Å². The molecule has 118 valence electrons. The number of rotatable bonds is 8. The van der Waals surface area contributed by atoms with Crippen molar-refractivity contribution in [3.63, 3.8) is 0 Å². The quantitative estimate of drug-likeness (QED) is 0.452. The Labute approximate surface area is 135 Å². The maximum atomic E-state index is 5.76. The fourth-order valence-electron chi connectivity index (χ4n) is 1.78. The molecule has 2 aromatic rings. The molecule has 0 saturated heterocycles. The molecule has 5 nitrogen and oxygen atoms in total. The maximum Gasteiger partial charge on any atom is 0.203 e. The van der Waals surface area contributed by atoms with Gasteiger partial charge >= 0.3 is 0 Å². The maximum absolute atomic E-state index is 5.76. The summed E-state index contributed by atoms with van der Waals surface area (Å²) in [6.07, 6.45) is 3.86. The van der Waals surface area contributed by atoms with E-state index in [2.05, 4.69) is 22.4 Å². The van der Waals surface area contributed by atoms with E-state index in [9.17, 15) is 0 Å². The summed E-state index contributed by atoms with van der Waals surface area (Å²) in [5.74, 6) is 1.47. The standard InChI is InChI=1S/C16H21N3O2S/c1-4-5-8-21-15-9-13(6-7-14(15)20-3)10-17-19-16-18-12(2)11-22-16/h6-7,9-11H,4-5,8H2,1-3H3,(H,18,19). The van der Waals surface area contributed by atoms with Gasteiger partial charge in [0.05, 0.1) is 25.6 Å². The van der Waals surface area contributed by atoms with Crippen LogP contribution in [0.3, 0.4) is 0 Å². The van der Waals surface area contributed by atoms with Crippen LogP contribution < -0.4 is 14.9 Å². The van der Waals surface area contributed by atoms with Crippen molar-refractivity contribution in [2.45, 2.75) is 26.7 Å². The number of benzene rings is 1. The van der Waals surface area contributed by atoms with Gasteiger partial charge in [-0.05, 0) is 37.1 Å². The van der Waals surface area contributed by atoms with Crippen LogP contribution in [0.4, 0.5) is 5.13 Å². The fourth-order valence-corrected chi connectivity index (χ4v) is 2.42. The molecule has 2 rings (SSSR count). The van der Waals surface area contributed by atoms with E-state index in [1.165, 1.54) is 11.3 Å². The minimum Gasteiger partial charge on any atom is -0.493 e. The monoisotopic (exact) mass is 319 g/mol. The Morgan fingerprint density at radius 3 is 2.91 bits per heavy atom. The number of hydrazone groups is 1. The highest BCUT2D eigenvalue weighted by atomic mass is 32.1. The Kier molecular flexibility index (Phi) is 6.21. The van der Waals surface area contributed by atoms with Crippen molar-refractivity contribution >= 4 is 22.7 Å². The van der Waals surface area contributed by atoms with Crippen LogP contribution in [0.25, 0.3) is 0 Å². The number of hydrogen-bond acceptors (Lipinski definition) is 6. The Morgan fingerprint density at radius 2 is 2.23 bits per heavy atom. The third-order valence-corrected chi connectivity index (χ3v) is 3.80. The molecule has 1 heterocycles. The summed E-state index contributed by atoms with van der Waals surface area (Å²) >= 11 is 1.53. The third kappa shape index (κ3) is 4.73. The van der Waals surface area contributed by atoms with Crippen molar-refractivity contribution in [3.05, 3.63) is 34.8 Å². The number of nitrogens with one attached hydrogen (secondary N) is 1. The number of nitrogens with zero attached hydrogens (tertiary/aromatic N) is 2. The van der Waals surface area contributed by atoms with Crippen molar-refractivity contribution < 1.29 is 9.47 Å². The number of ether oxygens (including phenoxy) is 2. The zero-order valence-corrected chi connectivity index (χ0v) is 13.9. The first kappa shape index (κ1) is 16.3. The van der Waals surface area contributed by atoms with E-state index in [1.807, 2.05) is 30.5 Å². The summed E-state index contributed by atoms with van der Waals surface area (Å²) in [6, 6.07) is 5.74. The molecule has 0 atom stereocenters. The average Bonchev–Trinajstić information content (AvgIpc) is 2.93. The highest BCUT2D eigenvalue weighted by Gasteiger charge is 2.05. The van der Waals surface area contributed by atoms with Crippen molar-refractivity contribution in [1.82, 2.24) is 4.98 Å². The molecule has 22 heavy (non-hydrogen) atoms. The van der Waals surface area contributed by atoms with Crippen LogP contribution in [0.5, 0.6) is 11.5 Å². The van der Waals surface area contributed by atoms with Gasteiger partial charge in [0, 0.05) is 5.38 Å². The summed E-state index contributed by atoms with van der Waals surface area (Å²) in [6.45, 7) is 4.77. The first-order valence-electron chi connectivity index (χ1n) is 7.25. The van der Waals surface area contributed by atoms with Gasteiger partial charge in [-0.15, -0.1) is 11.3 Å². The Bertz CT molecular complexity index is 626. The number of methoxy groups -OCH3 is 1. The van der Waals surface area contributed by atoms with Gasteiger partial charge in [0.15, 0.2) is 11.5 Å². The van der Waals surface area contributed by atoms with Gasteiger partial charge in [-0.1, -0.05) is 13.3 Å². The summed E-state index contributed by atoms with van der Waals surface area (Å²) in [7, 11) is 1.64. The summed E-state index contributed by atoms with van der Waals surface area (Å²) < 4.78 is 11.1. The molecule has 0 unspecified atom stereocenters. The molecule has 0 fully saturated rings. The number of aromatic nitrogens is 1. The molecule has 1 aromatic carbocycles. The molecule has 0 bridgehead atoms. The highest BCUT2D eigenvalue weighted by Crippen LogP contribution is 2.27. The molecule has 0 spiro atoms. The average molecular weight is 319 g/mol. The number of hydrogen-bond donors (Lipinski definition) is 1. The number of unbranched alkanes of at least 4 members (excludes halogenated alkanes) is 1. The number of thiazole rings is 1. The lowest BCUT2D eigenvalue weighted by atomic mass is 10.2. The number of anilines is 1. The fraction of sp³-hybridized carbons (Fsp3) is 0.375. The van der Waals surface area contributed by atoms with Crippen molar-refractivity contribution in [1.29, 1.82) is 0 Å². The molecular formula is C16H21N3O2S. The highest BCUT2D eigenvalue weighted by molar-refractivity contribution is 7.13. The van der Waals surface area contributed by atoms with Gasteiger partial charge in [0.2, 0.25) is 5.13 Å². The van der Waals surface area contributed by atoms with Crippen LogP contribution in [0.15, 0.2) is 28.7 Å². The molecule has 0 aliphatic heterocycles. The lowest BCUT2D eigenvalue weighted by Crippen LogP contribution is -2.00. The van der Waals surface area contributed by atoms with Crippen LogP contribution in [0.2, 0.25) is 0 Å². The SMILES string of the molecule is CCCCOc1cc(C=NNc2nc(C)cs2)ccc1OC. The van der Waals surface area contributed by atoms with E-state index < -0.39 is 0 Å². The Hall–Kier alpha value is -2.08. The van der Waals surface area contributed by atoms with Gasteiger partial charge in [-0.2, -0.15) is 5.10 Å². The molecule has 1 aromatic heterocycles. The molecule has 0 amide bonds. The first-order valence-corrected chi connectivity index (χ1v) is 8.13. The van der Waals surface area contributed by atoms with Gasteiger partial charge < -0.3 is 9.47 Å². The van der Waals surface area contributed by atoms with Crippen LogP contribution >= 0.6 is 11.3 Å². The van der Waals surface area contributed by atoms with E-state index in [0.717, 1.165) is 40.7 Å². The molecule has 6 heteroatoms. The van der Waals surface area contributed by atoms with E-state index in [4.69, 9.17) is 9.47 Å². The second-order valence-corrected chi connectivity index (χ2v) is 5.63. The largest absolute Gasteiger partial charge is 0.493 e. The van der Waals surface area contributed by atoms with Crippen molar-refractivity contribution in [2.75, 3.05) is 19.1 Å². The van der Waals surface area contributed by atoms with Crippen LogP contribution in [-0.2, 0) is 0 Å².